The summed E-state index contributed by atoms with van der Waals surface area (Å²) in [4.78, 5) is 0. The highest BCUT2D eigenvalue weighted by atomic mass is 16.8. The summed E-state index contributed by atoms with van der Waals surface area (Å²) in [6.07, 6.45) is -105. The zero-order valence-corrected chi connectivity index (χ0v) is 71.4. The molecule has 15 aliphatic rings. The van der Waals surface area contributed by atoms with Crippen LogP contribution in [0.3, 0.4) is 0 Å². The van der Waals surface area contributed by atoms with E-state index in [9.17, 15) is 163 Å². The highest BCUT2D eigenvalue weighted by Crippen LogP contribution is 2.40. The first-order chi connectivity index (χ1) is 64.7. The third kappa shape index (κ3) is 23.4. The summed E-state index contributed by atoms with van der Waals surface area (Å²) in [6.45, 7) is -8.82. The van der Waals surface area contributed by atoms with Gasteiger partial charge < -0.3 is 301 Å². The summed E-state index contributed by atoms with van der Waals surface area (Å²) in [5.41, 5.74) is 0. The van der Waals surface area contributed by atoms with E-state index in [2.05, 4.69) is 0 Å². The second-order valence-electron chi connectivity index (χ2n) is 35.2. The maximum atomic E-state index is 11.6. The summed E-state index contributed by atoms with van der Waals surface area (Å²) >= 11 is 0. The van der Waals surface area contributed by atoms with Gasteiger partial charge in [-0.1, -0.05) is 0 Å². The molecule has 0 saturated carbocycles. The monoisotopic (exact) mass is 2000 g/mol. The molecule has 61 nitrogen and oxygen atoms in total. The van der Waals surface area contributed by atoms with Gasteiger partial charge in [0.2, 0.25) is 0 Å². The van der Waals surface area contributed by atoms with Crippen molar-refractivity contribution in [2.45, 2.75) is 369 Å². The summed E-state index contributed by atoms with van der Waals surface area (Å²) in [5, 5.41) is 347. The molecule has 32 N–H and O–H groups in total. The standard InChI is InChI=1S/C75H122O61/c76-1-17-32(79)59(106)74(122-17)136-60-45(92)30(134-62-47(94)31(78)16(77)2-109-62)15-121-75(60)135-29-14-120-73(58(105)44(29)91)133-28-13-119-72(57(104)43(28)90)132-27-12-118-71(56(103)42(27)89)131-26-11-117-70(55(102)41(26)88)130-25-10-116-69(54(101)40(25)87)129-24-9-115-68(53(100)39(24)86)128-23-8-114-67(52(99)38(23)85)127-22-7-113-66(51(98)37(22)84)126-21-6-112-65(50(97)36(21)83)125-20-5-111-64(49(96)35(20)82)124-19-4-110-63(48(95)34(19)81)123-18-3-108-61(107)46(93)33(18)80/h16-107H,1-15H2/t16-,17+,18-,19-,20-,21-,22-,23-,24-,25-,26-,27-,28-,29-,30-,31+,32-,33+,34+,35+,36+,37+,38+,39+,40+,41+,42+,43+,44+,45+,46?,47?,48?,49?,50?,51?,52?,53?,54?,55?,56?,57?,58?,59?,60?,61-,62+,63+,64-,65-,66-,67-,68-,69-,70-,71-,72-,73-,74+,75+/m1/s1. The zero-order valence-electron chi connectivity index (χ0n) is 71.4. The maximum Gasteiger partial charge on any atom is 0.187 e. The molecule has 0 bridgehead atoms. The van der Waals surface area contributed by atoms with Gasteiger partial charge in [0.15, 0.2) is 94.4 Å². The van der Waals surface area contributed by atoms with E-state index in [4.69, 9.17) is 137 Å². The molecule has 15 fully saturated rings. The van der Waals surface area contributed by atoms with Crippen LogP contribution in [0.1, 0.15) is 0 Å². The average molecular weight is 2000 g/mol. The molecule has 136 heavy (non-hydrogen) atoms. The summed E-state index contributed by atoms with van der Waals surface area (Å²) in [6, 6.07) is 0. The van der Waals surface area contributed by atoms with Crippen molar-refractivity contribution in [3.63, 3.8) is 0 Å². The van der Waals surface area contributed by atoms with Crippen LogP contribution in [-0.2, 0) is 137 Å². The molecule has 0 spiro atoms. The first-order valence-electron chi connectivity index (χ1n) is 43.9. The Labute approximate surface area is 766 Å². The van der Waals surface area contributed by atoms with Crippen LogP contribution in [-0.4, -0.2) is 632 Å². The van der Waals surface area contributed by atoms with Crippen LogP contribution in [0.4, 0.5) is 0 Å². The van der Waals surface area contributed by atoms with Gasteiger partial charge in [-0.3, -0.25) is 0 Å². The molecule has 60 atom stereocenters. The van der Waals surface area contributed by atoms with Crippen molar-refractivity contribution in [3.8, 4) is 0 Å². The topological polar surface area (TPSA) is 915 Å². The summed E-state index contributed by atoms with van der Waals surface area (Å²) < 4.78 is 162. The SMILES string of the molecule is OC[C@@H]1O[C@@H](OC2[C@H](O[C@@H]3CO[C@H](O[C@@H]4CO[C@H](O[C@@H]5CO[C@H](O[C@@H]6CO[C@H](O[C@@H]7CO[C@H](O[C@@H]8CO[C@H](O[C@@H]9CO[C@H](O[C@@H]%10CO[C@H](O[C@@H]%11CO[C@H](O[C@@H]%12CO[C@H](O[C@@H]%13CO[C@@H](O[C@@H]%14CO[C@@H](O)C(O)[C@H]%14O)C(O)[C@H]%13O)C(O)[C@H]%12O)C(O)[C@H]%11O)C(O)[C@H]%10O)C(O)[C@H]9O)C(O)[C@H]8O)C(O)[C@H]7O)C(O)[C@H]6O)C(O)[C@H]5O)C(O)[C@H]4O)C(O)[C@H]3O)OC[C@@H](O[C@@H]3OC[C@@H](O)[C@H](O)C3O)[C@@H]2O)C(O)[C@@H]1O. The molecule has 15 aliphatic heterocycles. The van der Waals surface area contributed by atoms with Crippen LogP contribution in [0, 0.1) is 0 Å². The molecule has 0 aromatic carbocycles. The lowest BCUT2D eigenvalue weighted by Crippen LogP contribution is -2.64. The Morgan fingerprint density at radius 3 is 0.515 bits per heavy atom. The van der Waals surface area contributed by atoms with Crippen LogP contribution in [0.25, 0.3) is 0 Å². The molecular formula is C75H122O61. The molecule has 0 aromatic heterocycles. The van der Waals surface area contributed by atoms with Crippen molar-refractivity contribution in [2.75, 3.05) is 99.1 Å². The Morgan fingerprint density at radius 2 is 0.309 bits per heavy atom. The van der Waals surface area contributed by atoms with E-state index in [1.54, 1.807) is 0 Å². The van der Waals surface area contributed by atoms with Crippen LogP contribution in [0.2, 0.25) is 0 Å². The Kier molecular flexibility index (Phi) is 37.0. The predicted molar refractivity (Wildman–Crippen MR) is 403 cm³/mol. The van der Waals surface area contributed by atoms with E-state index in [1.807, 2.05) is 0 Å². The van der Waals surface area contributed by atoms with Crippen LogP contribution in [0.5, 0.6) is 0 Å². The van der Waals surface area contributed by atoms with Gasteiger partial charge in [-0.25, -0.2) is 0 Å². The van der Waals surface area contributed by atoms with E-state index in [-0.39, 0.29) is 0 Å². The van der Waals surface area contributed by atoms with E-state index in [0.717, 1.165) is 0 Å². The van der Waals surface area contributed by atoms with Gasteiger partial charge in [-0.05, 0) is 0 Å². The van der Waals surface area contributed by atoms with Crippen LogP contribution in [0.15, 0.2) is 0 Å². The third-order valence-electron chi connectivity index (χ3n) is 25.9. The van der Waals surface area contributed by atoms with Crippen LogP contribution >= 0.6 is 0 Å². The van der Waals surface area contributed by atoms with Crippen molar-refractivity contribution in [3.05, 3.63) is 0 Å². The van der Waals surface area contributed by atoms with Gasteiger partial charge in [-0.2, -0.15) is 0 Å². The molecule has 0 aromatic rings. The molecule has 15 saturated heterocycles. The number of aliphatic hydroxyl groups is 32. The number of hydrogen-bond donors (Lipinski definition) is 32. The van der Waals surface area contributed by atoms with Gasteiger partial charge in [0.25, 0.3) is 0 Å². The van der Waals surface area contributed by atoms with Crippen LogP contribution < -0.4 is 0 Å². The fourth-order valence-corrected chi connectivity index (χ4v) is 17.4. The fourth-order valence-electron chi connectivity index (χ4n) is 17.4. The van der Waals surface area contributed by atoms with Gasteiger partial charge in [0.1, 0.15) is 275 Å². The van der Waals surface area contributed by atoms with E-state index in [0.29, 0.717) is 0 Å². The second kappa shape index (κ2) is 46.7. The Bertz CT molecular complexity index is 3590. The molecule has 0 radical (unpaired) electrons. The second-order valence-corrected chi connectivity index (χ2v) is 35.2. The minimum absolute atomic E-state index is 0.415. The Balaban J connectivity index is 0.437. The predicted octanol–water partition coefficient (Wildman–Crippen LogP) is -24.1. The van der Waals surface area contributed by atoms with Gasteiger partial charge in [0.05, 0.1) is 99.1 Å². The number of hydrogen-bond acceptors (Lipinski definition) is 61. The normalized spacial score (nSPS) is 54.8. The minimum atomic E-state index is -2.01. The first-order valence-corrected chi connectivity index (χ1v) is 43.9. The molecule has 15 rings (SSSR count). The van der Waals surface area contributed by atoms with Gasteiger partial charge in [0, 0.05) is 0 Å². The molecule has 0 amide bonds. The van der Waals surface area contributed by atoms with Crippen molar-refractivity contribution in [1.29, 1.82) is 0 Å². The number of aliphatic hydroxyl groups excluding tert-OH is 32. The lowest BCUT2D eigenvalue weighted by Gasteiger charge is -2.46. The molecular weight excluding hydrogens is 1880 g/mol. The quantitative estimate of drug-likeness (QED) is 0.0331. The largest absolute Gasteiger partial charge is 0.394 e. The minimum Gasteiger partial charge on any atom is -0.394 e. The zero-order chi connectivity index (χ0) is 97.8. The summed E-state index contributed by atoms with van der Waals surface area (Å²) in [5.74, 6) is 0. The highest BCUT2D eigenvalue weighted by Gasteiger charge is 2.60. The van der Waals surface area contributed by atoms with Gasteiger partial charge in [-0.15, -0.1) is 0 Å². The smallest absolute Gasteiger partial charge is 0.187 e. The molecule has 61 heteroatoms. The highest BCUT2D eigenvalue weighted by molar-refractivity contribution is 5.01. The van der Waals surface area contributed by atoms with E-state index in [1.165, 1.54) is 0 Å². The maximum absolute atomic E-state index is 11.6. The Morgan fingerprint density at radius 1 is 0.147 bits per heavy atom. The Hall–Kier alpha value is -2.44. The number of rotatable bonds is 29. The van der Waals surface area contributed by atoms with Crippen molar-refractivity contribution in [1.82, 2.24) is 0 Å². The lowest BCUT2D eigenvalue weighted by molar-refractivity contribution is -0.374. The van der Waals surface area contributed by atoms with Gasteiger partial charge >= 0.3 is 0 Å². The van der Waals surface area contributed by atoms with Crippen molar-refractivity contribution < 1.29 is 301 Å². The third-order valence-corrected chi connectivity index (χ3v) is 25.9. The number of ether oxygens (including phenoxy) is 29. The van der Waals surface area contributed by atoms with E-state index >= 15 is 0 Å². The molecule has 0 aliphatic carbocycles. The average Bonchev–Trinajstić information content (AvgIpc) is 1.29. The first kappa shape index (κ1) is 108. The van der Waals surface area contributed by atoms with E-state index < -0.39 is 468 Å². The molecule has 15 unspecified atom stereocenters. The van der Waals surface area contributed by atoms with Crippen molar-refractivity contribution in [2.24, 2.45) is 0 Å². The fraction of sp³-hybridized carbons (Fsp3) is 1.00. The lowest BCUT2D eigenvalue weighted by atomic mass is 10.0. The summed E-state index contributed by atoms with van der Waals surface area (Å²) in [7, 11) is 0. The van der Waals surface area contributed by atoms with Crippen molar-refractivity contribution >= 4 is 0 Å². The molecule has 788 valence electrons. The molecule has 15 heterocycles.